The largest absolute Gasteiger partial charge is 0.358 e. The number of rotatable bonds is 7. The number of hydrogen-bond acceptors (Lipinski definition) is 3. The van der Waals surface area contributed by atoms with E-state index in [1.54, 1.807) is 0 Å². The zero-order chi connectivity index (χ0) is 13.5. The molecule has 1 rings (SSSR count). The Bertz CT molecular complexity index is 431. The van der Waals surface area contributed by atoms with E-state index in [4.69, 9.17) is 0 Å². The van der Waals surface area contributed by atoms with Gasteiger partial charge in [-0.3, -0.25) is 4.79 Å². The number of amides is 1. The Kier molecular flexibility index (Phi) is 5.84. The van der Waals surface area contributed by atoms with E-state index in [0.717, 1.165) is 24.6 Å². The predicted octanol–water partition coefficient (Wildman–Crippen LogP) is 2.23. The summed E-state index contributed by atoms with van der Waals surface area (Å²) in [5.41, 5.74) is 0.308. The smallest absolute Gasteiger partial charge is 0.323 e. The number of nitrogens with zero attached hydrogens (tertiary/aromatic N) is 2. The lowest BCUT2D eigenvalue weighted by molar-refractivity contribution is -0.391. The minimum atomic E-state index is -0.507. The molecule has 0 spiro atoms. The molecule has 1 amide bonds. The maximum atomic E-state index is 11.8. The number of hydrogen-bond donors (Lipinski definition) is 1. The van der Waals surface area contributed by atoms with E-state index in [9.17, 15) is 14.9 Å². The maximum Gasteiger partial charge on any atom is 0.323 e. The molecule has 0 aromatic carbocycles. The van der Waals surface area contributed by atoms with Gasteiger partial charge >= 0.3 is 5.82 Å². The lowest BCUT2D eigenvalue weighted by atomic mass is 10.2. The van der Waals surface area contributed by atoms with Crippen LogP contribution in [0.15, 0.2) is 12.1 Å². The molecule has 1 heterocycles. The zero-order valence-corrected chi connectivity index (χ0v) is 11.8. The van der Waals surface area contributed by atoms with Gasteiger partial charge in [-0.15, -0.1) is 0 Å². The first kappa shape index (κ1) is 14.7. The van der Waals surface area contributed by atoms with Gasteiger partial charge in [0.2, 0.25) is 0 Å². The van der Waals surface area contributed by atoms with Gasteiger partial charge in [-0.1, -0.05) is 22.4 Å². The van der Waals surface area contributed by atoms with E-state index in [-0.39, 0.29) is 11.7 Å². The number of halogens is 1. The fourth-order valence-electron chi connectivity index (χ4n) is 1.60. The summed E-state index contributed by atoms with van der Waals surface area (Å²) in [6.07, 6.45) is 3.02. The van der Waals surface area contributed by atoms with Crippen molar-refractivity contribution in [3.63, 3.8) is 0 Å². The van der Waals surface area contributed by atoms with Crippen LogP contribution in [0, 0.1) is 10.1 Å². The van der Waals surface area contributed by atoms with Crippen LogP contribution >= 0.6 is 15.9 Å². The summed E-state index contributed by atoms with van der Waals surface area (Å²) < 4.78 is 1.29. The van der Waals surface area contributed by atoms with Gasteiger partial charge in [0.15, 0.2) is 5.69 Å². The van der Waals surface area contributed by atoms with E-state index >= 15 is 0 Å². The number of nitrogens with one attached hydrogen (secondary N) is 1. The van der Waals surface area contributed by atoms with Crippen LogP contribution in [0.2, 0.25) is 0 Å². The minimum absolute atomic E-state index is 0.0839. The molecule has 1 aromatic heterocycles. The molecule has 1 N–H and O–H groups in total. The summed E-state index contributed by atoms with van der Waals surface area (Å²) in [5, 5.41) is 14.4. The highest BCUT2D eigenvalue weighted by atomic mass is 79.9. The Morgan fingerprint density at radius 2 is 2.17 bits per heavy atom. The van der Waals surface area contributed by atoms with E-state index in [2.05, 4.69) is 21.2 Å². The van der Waals surface area contributed by atoms with E-state index in [1.807, 2.05) is 0 Å². The second-order valence-electron chi connectivity index (χ2n) is 3.90. The lowest BCUT2D eigenvalue weighted by Gasteiger charge is -2.03. The van der Waals surface area contributed by atoms with E-state index < -0.39 is 4.92 Å². The van der Waals surface area contributed by atoms with Crippen molar-refractivity contribution >= 4 is 27.7 Å². The minimum Gasteiger partial charge on any atom is -0.358 e. The van der Waals surface area contributed by atoms with Crippen molar-refractivity contribution in [2.45, 2.75) is 19.3 Å². The third-order valence-electron chi connectivity index (χ3n) is 2.61. The van der Waals surface area contributed by atoms with Crippen molar-refractivity contribution in [1.82, 2.24) is 9.88 Å². The second kappa shape index (κ2) is 7.15. The highest BCUT2D eigenvalue weighted by molar-refractivity contribution is 9.09. The Morgan fingerprint density at radius 1 is 1.44 bits per heavy atom. The normalized spacial score (nSPS) is 10.3. The number of nitro groups is 1. The number of alkyl halides is 1. The molecule has 0 aliphatic carbocycles. The summed E-state index contributed by atoms with van der Waals surface area (Å²) in [6, 6.07) is 2.80. The first-order valence-corrected chi connectivity index (χ1v) is 6.84. The molecule has 18 heavy (non-hydrogen) atoms. The molecule has 0 atom stereocenters. The van der Waals surface area contributed by atoms with Crippen LogP contribution in [-0.2, 0) is 7.05 Å². The third-order valence-corrected chi connectivity index (χ3v) is 3.17. The Morgan fingerprint density at radius 3 is 2.72 bits per heavy atom. The van der Waals surface area contributed by atoms with Gasteiger partial charge in [0, 0.05) is 17.9 Å². The van der Waals surface area contributed by atoms with Crippen molar-refractivity contribution in [3.05, 3.63) is 27.9 Å². The topological polar surface area (TPSA) is 77.2 Å². The molecule has 100 valence electrons. The highest BCUT2D eigenvalue weighted by Gasteiger charge is 2.19. The fraction of sp³-hybridized carbons (Fsp3) is 0.545. The molecule has 6 nitrogen and oxygen atoms in total. The molecule has 0 bridgehead atoms. The van der Waals surface area contributed by atoms with E-state index in [1.165, 1.54) is 23.7 Å². The van der Waals surface area contributed by atoms with Crippen LogP contribution in [0.4, 0.5) is 5.82 Å². The molecule has 0 unspecified atom stereocenters. The molecule has 0 saturated heterocycles. The summed E-state index contributed by atoms with van der Waals surface area (Å²) >= 11 is 3.34. The highest BCUT2D eigenvalue weighted by Crippen LogP contribution is 2.14. The number of aromatic nitrogens is 1. The van der Waals surface area contributed by atoms with E-state index in [0.29, 0.717) is 12.2 Å². The Hall–Kier alpha value is -1.37. The van der Waals surface area contributed by atoms with Crippen molar-refractivity contribution < 1.29 is 9.72 Å². The molecule has 0 aliphatic rings. The lowest BCUT2D eigenvalue weighted by Crippen LogP contribution is -2.26. The van der Waals surface area contributed by atoms with Crippen molar-refractivity contribution in [3.8, 4) is 0 Å². The van der Waals surface area contributed by atoms with Crippen LogP contribution in [0.1, 0.15) is 29.8 Å². The van der Waals surface area contributed by atoms with Gasteiger partial charge in [0.1, 0.15) is 0 Å². The quantitative estimate of drug-likeness (QED) is 0.362. The number of carbonyl (C=O) groups excluding carboxylic acids is 1. The SMILES string of the molecule is Cn1c(C(=O)NCCCCCBr)ccc1[N+](=O)[O-]. The summed E-state index contributed by atoms with van der Waals surface area (Å²) in [7, 11) is 1.51. The number of carbonyl (C=O) groups is 1. The van der Waals surface area contributed by atoms with Gasteiger partial charge < -0.3 is 15.4 Å². The molecule has 0 fully saturated rings. The van der Waals surface area contributed by atoms with Gasteiger partial charge in [0.05, 0.1) is 7.05 Å². The van der Waals surface area contributed by atoms with Crippen molar-refractivity contribution in [2.24, 2.45) is 7.05 Å². The van der Waals surface area contributed by atoms with Gasteiger partial charge in [-0.05, 0) is 23.8 Å². The molecule has 1 aromatic rings. The predicted molar refractivity (Wildman–Crippen MR) is 72.0 cm³/mol. The van der Waals surface area contributed by atoms with Crippen LogP contribution in [0.3, 0.4) is 0 Å². The monoisotopic (exact) mass is 317 g/mol. The Balaban J connectivity index is 2.49. The first-order chi connectivity index (χ1) is 8.57. The van der Waals surface area contributed by atoms with Gasteiger partial charge in [0.25, 0.3) is 5.91 Å². The maximum absolute atomic E-state index is 11.8. The molecule has 7 heteroatoms. The Labute approximate surface area is 114 Å². The molecular formula is C11H16BrN3O3. The standard InChI is InChI=1S/C11H16BrN3O3/c1-14-9(5-6-10(14)15(17)18)11(16)13-8-4-2-3-7-12/h5-6H,2-4,7-8H2,1H3,(H,13,16). The van der Waals surface area contributed by atoms with Crippen LogP contribution in [-0.4, -0.2) is 27.3 Å². The zero-order valence-electron chi connectivity index (χ0n) is 10.2. The summed E-state index contributed by atoms with van der Waals surface area (Å²) in [4.78, 5) is 21.9. The van der Waals surface area contributed by atoms with Crippen LogP contribution < -0.4 is 5.32 Å². The average molecular weight is 318 g/mol. The molecule has 0 saturated carbocycles. The fourth-order valence-corrected chi connectivity index (χ4v) is 2.00. The first-order valence-electron chi connectivity index (χ1n) is 5.72. The van der Waals surface area contributed by atoms with Crippen LogP contribution in [0.5, 0.6) is 0 Å². The molecule has 0 radical (unpaired) electrons. The van der Waals surface area contributed by atoms with Crippen molar-refractivity contribution in [1.29, 1.82) is 0 Å². The number of unbranched alkanes of at least 4 members (excludes halogenated alkanes) is 2. The van der Waals surface area contributed by atoms with Crippen LogP contribution in [0.25, 0.3) is 0 Å². The molecule has 0 aliphatic heterocycles. The molecular weight excluding hydrogens is 302 g/mol. The summed E-state index contributed by atoms with van der Waals surface area (Å²) in [5.74, 6) is -0.358. The summed E-state index contributed by atoms with van der Waals surface area (Å²) in [6.45, 7) is 0.588. The van der Waals surface area contributed by atoms with Crippen molar-refractivity contribution in [2.75, 3.05) is 11.9 Å². The van der Waals surface area contributed by atoms with Gasteiger partial charge in [-0.25, -0.2) is 4.57 Å². The van der Waals surface area contributed by atoms with Gasteiger partial charge in [-0.2, -0.15) is 0 Å². The third kappa shape index (κ3) is 3.83. The average Bonchev–Trinajstić information content (AvgIpc) is 2.70. The second-order valence-corrected chi connectivity index (χ2v) is 4.69.